The quantitative estimate of drug-likeness (QED) is 0.810. The van der Waals surface area contributed by atoms with Crippen LogP contribution in [0.25, 0.3) is 0 Å². The summed E-state index contributed by atoms with van der Waals surface area (Å²) in [6.45, 7) is 6.44. The smallest absolute Gasteiger partial charge is 0.122 e. The molecule has 0 saturated heterocycles. The fourth-order valence-corrected chi connectivity index (χ4v) is 3.39. The number of para-hydroxylation sites is 1. The highest BCUT2D eigenvalue weighted by atomic mass is 79.9. The third kappa shape index (κ3) is 4.01. The summed E-state index contributed by atoms with van der Waals surface area (Å²) in [6.07, 6.45) is 0.920. The van der Waals surface area contributed by atoms with Gasteiger partial charge in [-0.1, -0.05) is 24.3 Å². The van der Waals surface area contributed by atoms with Gasteiger partial charge in [0, 0.05) is 10.5 Å². The highest BCUT2D eigenvalue weighted by Crippen LogP contribution is 2.29. The first-order chi connectivity index (χ1) is 10.0. The van der Waals surface area contributed by atoms with Crippen molar-refractivity contribution in [1.29, 1.82) is 0 Å². The molecule has 2 nitrogen and oxygen atoms in total. The summed E-state index contributed by atoms with van der Waals surface area (Å²) in [6, 6.07) is 12.8. The molecule has 0 spiro atoms. The van der Waals surface area contributed by atoms with Crippen LogP contribution in [-0.2, 0) is 6.42 Å². The van der Waals surface area contributed by atoms with Crippen molar-refractivity contribution >= 4 is 21.6 Å². The third-order valence-corrected chi connectivity index (χ3v) is 4.17. The Hall–Kier alpha value is -1.48. The van der Waals surface area contributed by atoms with Gasteiger partial charge in [0.15, 0.2) is 0 Å². The van der Waals surface area contributed by atoms with E-state index >= 15 is 0 Å². The van der Waals surface area contributed by atoms with Gasteiger partial charge in [-0.2, -0.15) is 0 Å². The van der Waals surface area contributed by atoms with Crippen molar-refractivity contribution in [3.8, 4) is 5.75 Å². The van der Waals surface area contributed by atoms with Crippen LogP contribution in [0.15, 0.2) is 40.9 Å². The number of hydrogen-bond donors (Lipinski definition) is 1. The fourth-order valence-electron chi connectivity index (χ4n) is 2.60. The van der Waals surface area contributed by atoms with E-state index in [0.29, 0.717) is 6.04 Å². The van der Waals surface area contributed by atoms with Gasteiger partial charge in [0.2, 0.25) is 0 Å². The minimum atomic E-state index is 0.319. The monoisotopic (exact) mass is 347 g/mol. The molecular formula is C18H22BrNO. The summed E-state index contributed by atoms with van der Waals surface area (Å²) in [5, 5.41) is 3.60. The number of halogens is 1. The van der Waals surface area contributed by atoms with Crippen LogP contribution in [0.3, 0.4) is 0 Å². The van der Waals surface area contributed by atoms with Crippen LogP contribution in [-0.4, -0.2) is 13.2 Å². The van der Waals surface area contributed by atoms with E-state index in [0.717, 1.165) is 16.6 Å². The summed E-state index contributed by atoms with van der Waals surface area (Å²) >= 11 is 3.65. The van der Waals surface area contributed by atoms with Crippen LogP contribution in [0.1, 0.15) is 23.6 Å². The number of anilines is 1. The minimum Gasteiger partial charge on any atom is -0.496 e. The highest BCUT2D eigenvalue weighted by molar-refractivity contribution is 9.10. The molecule has 0 aliphatic carbocycles. The number of nitrogens with one attached hydrogen (secondary N) is 1. The van der Waals surface area contributed by atoms with E-state index in [2.05, 4.69) is 66.3 Å². The molecule has 0 amide bonds. The van der Waals surface area contributed by atoms with Gasteiger partial charge < -0.3 is 10.1 Å². The van der Waals surface area contributed by atoms with E-state index < -0.39 is 0 Å². The number of hydrogen-bond acceptors (Lipinski definition) is 2. The zero-order valence-corrected chi connectivity index (χ0v) is 14.6. The number of rotatable bonds is 5. The zero-order valence-electron chi connectivity index (χ0n) is 13.0. The van der Waals surface area contributed by atoms with Gasteiger partial charge >= 0.3 is 0 Å². The fraction of sp³-hybridized carbons (Fsp3) is 0.333. The molecule has 2 aromatic rings. The van der Waals surface area contributed by atoms with Gasteiger partial charge in [0.1, 0.15) is 5.75 Å². The average molecular weight is 348 g/mol. The topological polar surface area (TPSA) is 21.3 Å². The van der Waals surface area contributed by atoms with Gasteiger partial charge in [0.05, 0.1) is 12.8 Å². The molecular weight excluding hydrogens is 326 g/mol. The largest absolute Gasteiger partial charge is 0.496 e. The summed E-state index contributed by atoms with van der Waals surface area (Å²) < 4.78 is 6.54. The molecule has 21 heavy (non-hydrogen) atoms. The van der Waals surface area contributed by atoms with Gasteiger partial charge in [-0.25, -0.2) is 0 Å². The Morgan fingerprint density at radius 3 is 2.57 bits per heavy atom. The van der Waals surface area contributed by atoms with Crippen molar-refractivity contribution in [1.82, 2.24) is 0 Å². The van der Waals surface area contributed by atoms with Gasteiger partial charge in [-0.3, -0.25) is 0 Å². The van der Waals surface area contributed by atoms with Crippen LogP contribution in [0.2, 0.25) is 0 Å². The second-order valence-corrected chi connectivity index (χ2v) is 6.35. The molecule has 2 aromatic carbocycles. The Morgan fingerprint density at radius 2 is 1.90 bits per heavy atom. The molecule has 112 valence electrons. The number of aryl methyl sites for hydroxylation is 2. The van der Waals surface area contributed by atoms with Gasteiger partial charge in [-0.05, 0) is 71.9 Å². The molecule has 0 aliphatic heterocycles. The maximum absolute atomic E-state index is 5.42. The molecule has 0 bridgehead atoms. The van der Waals surface area contributed by atoms with Crippen LogP contribution in [0.5, 0.6) is 5.75 Å². The van der Waals surface area contributed by atoms with Crippen LogP contribution < -0.4 is 10.1 Å². The second kappa shape index (κ2) is 6.99. The minimum absolute atomic E-state index is 0.319. The molecule has 0 radical (unpaired) electrons. The van der Waals surface area contributed by atoms with E-state index in [4.69, 9.17) is 4.74 Å². The maximum atomic E-state index is 5.42. The summed E-state index contributed by atoms with van der Waals surface area (Å²) in [5.74, 6) is 0.950. The highest BCUT2D eigenvalue weighted by Gasteiger charge is 2.11. The molecule has 2 rings (SSSR count). The van der Waals surface area contributed by atoms with E-state index in [1.165, 1.54) is 22.4 Å². The summed E-state index contributed by atoms with van der Waals surface area (Å²) in [4.78, 5) is 0. The van der Waals surface area contributed by atoms with Crippen molar-refractivity contribution in [3.05, 3.63) is 57.6 Å². The summed E-state index contributed by atoms with van der Waals surface area (Å²) in [5.41, 5.74) is 4.92. The van der Waals surface area contributed by atoms with Crippen molar-refractivity contribution in [2.24, 2.45) is 0 Å². The molecule has 1 atom stereocenters. The molecule has 0 fully saturated rings. The zero-order chi connectivity index (χ0) is 15.4. The first kappa shape index (κ1) is 15.9. The number of ether oxygens (including phenoxy) is 1. The first-order valence-corrected chi connectivity index (χ1v) is 7.95. The third-order valence-electron chi connectivity index (χ3n) is 3.54. The summed E-state index contributed by atoms with van der Waals surface area (Å²) in [7, 11) is 1.72. The molecule has 1 unspecified atom stereocenters. The maximum Gasteiger partial charge on any atom is 0.122 e. The molecule has 1 N–H and O–H groups in total. The normalized spacial score (nSPS) is 12.0. The lowest BCUT2D eigenvalue weighted by molar-refractivity contribution is 0.409. The Balaban J connectivity index is 2.14. The molecule has 0 heterocycles. The molecule has 3 heteroatoms. The van der Waals surface area contributed by atoms with E-state index in [-0.39, 0.29) is 0 Å². The Kier molecular flexibility index (Phi) is 5.29. The lowest BCUT2D eigenvalue weighted by atomic mass is 10.0. The first-order valence-electron chi connectivity index (χ1n) is 7.16. The van der Waals surface area contributed by atoms with Crippen molar-refractivity contribution < 1.29 is 4.74 Å². The van der Waals surface area contributed by atoms with Crippen LogP contribution in [0.4, 0.5) is 5.69 Å². The van der Waals surface area contributed by atoms with E-state index in [1.54, 1.807) is 7.11 Å². The predicted octanol–water partition coefficient (Wildman–Crippen LogP) is 5.12. The Morgan fingerprint density at radius 1 is 1.19 bits per heavy atom. The van der Waals surface area contributed by atoms with E-state index in [1.807, 2.05) is 12.1 Å². The Labute approximate surface area is 135 Å². The van der Waals surface area contributed by atoms with Crippen molar-refractivity contribution in [3.63, 3.8) is 0 Å². The van der Waals surface area contributed by atoms with Gasteiger partial charge in [-0.15, -0.1) is 0 Å². The molecule has 0 aromatic heterocycles. The lowest BCUT2D eigenvalue weighted by Crippen LogP contribution is -2.19. The number of benzene rings is 2. The predicted molar refractivity (Wildman–Crippen MR) is 93.4 cm³/mol. The Bertz CT molecular complexity index is 601. The van der Waals surface area contributed by atoms with Gasteiger partial charge in [0.25, 0.3) is 0 Å². The standard InChI is InChI=1S/C18H22BrNO/c1-12-9-13(2)18(16(19)10-12)20-14(3)11-15-7-5-6-8-17(15)21-4/h5-10,14,20H,11H2,1-4H3. The van der Waals surface area contributed by atoms with Crippen molar-refractivity contribution in [2.45, 2.75) is 33.2 Å². The molecule has 0 saturated carbocycles. The molecule has 0 aliphatic rings. The second-order valence-electron chi connectivity index (χ2n) is 5.50. The van der Waals surface area contributed by atoms with Crippen LogP contribution >= 0.6 is 15.9 Å². The lowest BCUT2D eigenvalue weighted by Gasteiger charge is -2.20. The average Bonchev–Trinajstić information content (AvgIpc) is 2.43. The number of methoxy groups -OCH3 is 1. The SMILES string of the molecule is COc1ccccc1CC(C)Nc1c(C)cc(C)cc1Br. The van der Waals surface area contributed by atoms with Crippen molar-refractivity contribution in [2.75, 3.05) is 12.4 Å². The van der Waals surface area contributed by atoms with Crippen LogP contribution in [0, 0.1) is 13.8 Å². The van der Waals surface area contributed by atoms with E-state index in [9.17, 15) is 0 Å².